The predicted octanol–water partition coefficient (Wildman–Crippen LogP) is 3.29. The van der Waals surface area contributed by atoms with E-state index in [-0.39, 0.29) is 12.1 Å². The highest BCUT2D eigenvalue weighted by atomic mass is 16.5. The molecular weight excluding hydrogens is 318 g/mol. The van der Waals surface area contributed by atoms with Crippen LogP contribution in [0.3, 0.4) is 0 Å². The van der Waals surface area contributed by atoms with Gasteiger partial charge in [0.25, 0.3) is 0 Å². The molecule has 0 fully saturated rings. The highest BCUT2D eigenvalue weighted by Crippen LogP contribution is 2.26. The molecule has 0 saturated heterocycles. The quantitative estimate of drug-likeness (QED) is 0.595. The van der Waals surface area contributed by atoms with Crippen LogP contribution in [0.5, 0.6) is 11.5 Å². The molecule has 2 rings (SSSR count). The van der Waals surface area contributed by atoms with E-state index in [1.165, 1.54) is 0 Å². The zero-order valence-electron chi connectivity index (χ0n) is 15.5. The maximum atomic E-state index is 5.94. The molecule has 0 bridgehead atoms. The molecule has 25 heavy (non-hydrogen) atoms. The first-order valence-corrected chi connectivity index (χ1v) is 8.36. The Bertz CT molecular complexity index is 697. The first-order chi connectivity index (χ1) is 12.0. The van der Waals surface area contributed by atoms with E-state index < -0.39 is 0 Å². The van der Waals surface area contributed by atoms with Crippen LogP contribution in [0, 0.1) is 6.92 Å². The lowest BCUT2D eigenvalue weighted by atomic mass is 10.2. The van der Waals surface area contributed by atoms with E-state index in [2.05, 4.69) is 15.6 Å². The first kappa shape index (κ1) is 18.7. The van der Waals surface area contributed by atoms with Crippen LogP contribution in [0.25, 0.3) is 0 Å². The molecule has 0 spiro atoms. The van der Waals surface area contributed by atoms with E-state index in [4.69, 9.17) is 13.9 Å². The van der Waals surface area contributed by atoms with Crippen molar-refractivity contribution < 1.29 is 13.9 Å². The molecule has 2 unspecified atom stereocenters. The molecule has 0 saturated carbocycles. The summed E-state index contributed by atoms with van der Waals surface area (Å²) in [5, 5.41) is 6.57. The van der Waals surface area contributed by atoms with E-state index in [0.29, 0.717) is 12.5 Å². The Morgan fingerprint density at radius 3 is 2.48 bits per heavy atom. The van der Waals surface area contributed by atoms with Crippen LogP contribution in [0.15, 0.2) is 45.8 Å². The van der Waals surface area contributed by atoms with Crippen LogP contribution >= 0.6 is 0 Å². The van der Waals surface area contributed by atoms with Gasteiger partial charge in [0.1, 0.15) is 17.6 Å². The number of hydrogen-bond acceptors (Lipinski definition) is 4. The van der Waals surface area contributed by atoms with Crippen LogP contribution < -0.4 is 20.1 Å². The number of rotatable bonds is 7. The van der Waals surface area contributed by atoms with Gasteiger partial charge in [-0.1, -0.05) is 12.1 Å². The maximum absolute atomic E-state index is 5.94. The number of nitrogens with one attached hydrogen (secondary N) is 2. The monoisotopic (exact) mass is 345 g/mol. The van der Waals surface area contributed by atoms with Crippen molar-refractivity contribution in [2.75, 3.05) is 20.7 Å². The fraction of sp³-hybridized carbons (Fsp3) is 0.421. The second kappa shape index (κ2) is 9.01. The second-order valence-corrected chi connectivity index (χ2v) is 5.85. The third-order valence-electron chi connectivity index (χ3n) is 3.72. The van der Waals surface area contributed by atoms with Crippen molar-refractivity contribution >= 4 is 5.96 Å². The lowest BCUT2D eigenvalue weighted by Crippen LogP contribution is -2.42. The number of nitrogens with zero attached hydrogens (tertiary/aromatic N) is 1. The molecule has 0 radical (unpaired) electrons. The van der Waals surface area contributed by atoms with Gasteiger partial charge in [0.15, 0.2) is 17.5 Å². The number of hydrogen-bond donors (Lipinski definition) is 2. The zero-order chi connectivity index (χ0) is 18.2. The second-order valence-electron chi connectivity index (χ2n) is 5.85. The Balaban J connectivity index is 1.85. The van der Waals surface area contributed by atoms with E-state index >= 15 is 0 Å². The Hall–Kier alpha value is -2.63. The van der Waals surface area contributed by atoms with Crippen molar-refractivity contribution in [3.63, 3.8) is 0 Å². The Kier molecular flexibility index (Phi) is 6.74. The molecule has 0 aliphatic carbocycles. The van der Waals surface area contributed by atoms with Gasteiger partial charge in [0, 0.05) is 7.05 Å². The summed E-state index contributed by atoms with van der Waals surface area (Å²) < 4.78 is 16.9. The number of benzene rings is 1. The molecule has 6 nitrogen and oxygen atoms in total. The third-order valence-corrected chi connectivity index (χ3v) is 3.72. The summed E-state index contributed by atoms with van der Waals surface area (Å²) in [6.45, 7) is 6.55. The van der Waals surface area contributed by atoms with Gasteiger partial charge in [-0.25, -0.2) is 0 Å². The minimum atomic E-state index is -0.0592. The molecule has 0 aliphatic heterocycles. The van der Waals surface area contributed by atoms with E-state index in [0.717, 1.165) is 23.0 Å². The van der Waals surface area contributed by atoms with Crippen molar-refractivity contribution in [3.8, 4) is 11.5 Å². The highest BCUT2D eigenvalue weighted by molar-refractivity contribution is 5.80. The normalized spacial score (nSPS) is 13.9. The number of guanidine groups is 1. The number of methoxy groups -OCH3 is 1. The van der Waals surface area contributed by atoms with E-state index in [1.807, 2.05) is 57.2 Å². The molecule has 2 atom stereocenters. The lowest BCUT2D eigenvalue weighted by molar-refractivity contribution is 0.213. The molecule has 1 aromatic heterocycles. The van der Waals surface area contributed by atoms with Gasteiger partial charge >= 0.3 is 0 Å². The van der Waals surface area contributed by atoms with Gasteiger partial charge in [-0.15, -0.1) is 0 Å². The zero-order valence-corrected chi connectivity index (χ0v) is 15.5. The van der Waals surface area contributed by atoms with E-state index in [1.54, 1.807) is 14.2 Å². The topological polar surface area (TPSA) is 68.0 Å². The van der Waals surface area contributed by atoms with Crippen LogP contribution in [0.4, 0.5) is 0 Å². The summed E-state index contributed by atoms with van der Waals surface area (Å²) in [6, 6.07) is 11.5. The van der Waals surface area contributed by atoms with Crippen LogP contribution in [0.1, 0.15) is 31.4 Å². The fourth-order valence-electron chi connectivity index (χ4n) is 2.37. The minimum Gasteiger partial charge on any atom is -0.493 e. The summed E-state index contributed by atoms with van der Waals surface area (Å²) in [4.78, 5) is 4.25. The summed E-state index contributed by atoms with van der Waals surface area (Å²) >= 11 is 0. The van der Waals surface area contributed by atoms with Gasteiger partial charge in [-0.3, -0.25) is 4.99 Å². The fourth-order valence-corrected chi connectivity index (χ4v) is 2.37. The lowest BCUT2D eigenvalue weighted by Gasteiger charge is -2.20. The number of ether oxygens (including phenoxy) is 2. The van der Waals surface area contributed by atoms with Crippen LogP contribution in [-0.4, -0.2) is 32.8 Å². The predicted molar refractivity (Wildman–Crippen MR) is 99.4 cm³/mol. The van der Waals surface area contributed by atoms with Crippen molar-refractivity contribution in [1.82, 2.24) is 10.6 Å². The van der Waals surface area contributed by atoms with Crippen molar-refractivity contribution in [1.29, 1.82) is 0 Å². The number of para-hydroxylation sites is 2. The Morgan fingerprint density at radius 1 is 1.16 bits per heavy atom. The Labute approximate surface area is 149 Å². The first-order valence-electron chi connectivity index (χ1n) is 8.36. The molecule has 0 aliphatic rings. The smallest absolute Gasteiger partial charge is 0.191 e. The van der Waals surface area contributed by atoms with Crippen LogP contribution in [0.2, 0.25) is 0 Å². The van der Waals surface area contributed by atoms with Gasteiger partial charge in [-0.05, 0) is 45.0 Å². The molecule has 1 heterocycles. The number of furan rings is 1. The largest absolute Gasteiger partial charge is 0.493 e. The summed E-state index contributed by atoms with van der Waals surface area (Å²) in [5.41, 5.74) is 0. The average Bonchev–Trinajstić information content (AvgIpc) is 3.05. The number of aryl methyl sites for hydroxylation is 1. The molecule has 1 aromatic carbocycles. The van der Waals surface area contributed by atoms with Gasteiger partial charge in [0.2, 0.25) is 0 Å². The van der Waals surface area contributed by atoms with E-state index in [9.17, 15) is 0 Å². The van der Waals surface area contributed by atoms with Crippen LogP contribution in [-0.2, 0) is 0 Å². The number of aliphatic imine (C=N–C) groups is 1. The third kappa shape index (κ3) is 5.45. The average molecular weight is 345 g/mol. The summed E-state index contributed by atoms with van der Waals surface area (Å²) in [7, 11) is 3.37. The summed E-state index contributed by atoms with van der Waals surface area (Å²) in [6.07, 6.45) is -0.0592. The van der Waals surface area contributed by atoms with Gasteiger partial charge in [-0.2, -0.15) is 0 Å². The molecular formula is C19H27N3O3. The SMILES string of the molecule is CN=C(NCC(C)Oc1ccccc1OC)NC(C)c1ccc(C)o1. The molecule has 6 heteroatoms. The van der Waals surface area contributed by atoms with Crippen molar-refractivity contribution in [2.45, 2.75) is 32.9 Å². The Morgan fingerprint density at radius 2 is 1.88 bits per heavy atom. The molecule has 2 N–H and O–H groups in total. The minimum absolute atomic E-state index is 0.0188. The standard InChI is InChI=1S/C19H27N3O3/c1-13-10-11-16(24-13)15(3)22-19(20-4)21-12-14(2)25-18-9-7-6-8-17(18)23-5/h6-11,14-15H,12H2,1-5H3,(H2,20,21,22). The maximum Gasteiger partial charge on any atom is 0.191 e. The van der Waals surface area contributed by atoms with Crippen molar-refractivity contribution in [2.24, 2.45) is 4.99 Å². The molecule has 0 amide bonds. The summed E-state index contributed by atoms with van der Waals surface area (Å²) in [5.74, 6) is 3.90. The molecule has 2 aromatic rings. The molecule has 136 valence electrons. The van der Waals surface area contributed by atoms with Crippen molar-refractivity contribution in [3.05, 3.63) is 47.9 Å². The van der Waals surface area contributed by atoms with Gasteiger partial charge < -0.3 is 24.5 Å². The highest BCUT2D eigenvalue weighted by Gasteiger charge is 2.13. The van der Waals surface area contributed by atoms with Gasteiger partial charge in [0.05, 0.1) is 19.7 Å².